The monoisotopic (exact) mass is 403 g/mol. The van der Waals surface area contributed by atoms with Crippen LogP contribution in [-0.2, 0) is 4.74 Å². The second kappa shape index (κ2) is 8.31. The lowest BCUT2D eigenvalue weighted by Gasteiger charge is -2.12. The molecule has 0 fully saturated rings. The van der Waals surface area contributed by atoms with Crippen LogP contribution in [0.3, 0.4) is 0 Å². The number of amides is 1. The van der Waals surface area contributed by atoms with Crippen molar-refractivity contribution >= 4 is 56.5 Å². The summed E-state index contributed by atoms with van der Waals surface area (Å²) in [6, 6.07) is 6.88. The minimum Gasteiger partial charge on any atom is -0.507 e. The molecule has 1 heterocycles. The van der Waals surface area contributed by atoms with Crippen LogP contribution in [-0.4, -0.2) is 34.3 Å². The average molecular weight is 403 g/mol. The summed E-state index contributed by atoms with van der Waals surface area (Å²) in [4.78, 5) is 11.7. The molecule has 3 aromatic rings. The molecule has 3 rings (SSSR count). The molecule has 0 aliphatic heterocycles. The molecule has 2 aromatic carbocycles. The number of nitrogens with one attached hydrogen (secondary N) is 1. The standard InChI is InChI=1S/C17H17N5O3S2/c1-4-26-17-22-21-15(27-17)20-19-12-8-9(2)14(23)10-6-5-7-11(13(10)12)18-16(24)25-3/h5-8,23H,4H2,1-3H3,(H,18,24). The SMILES string of the molecule is CCSc1nnc(N=Nc2cc(C)c(O)c3cccc(NC(=O)OC)c23)s1. The smallest absolute Gasteiger partial charge is 0.411 e. The minimum atomic E-state index is -0.615. The molecule has 140 valence electrons. The zero-order chi connectivity index (χ0) is 19.4. The van der Waals surface area contributed by atoms with Crippen molar-refractivity contribution in [1.82, 2.24) is 10.2 Å². The maximum absolute atomic E-state index is 11.7. The number of rotatable bonds is 5. The van der Waals surface area contributed by atoms with E-state index < -0.39 is 6.09 Å². The van der Waals surface area contributed by atoms with Gasteiger partial charge in [-0.2, -0.15) is 0 Å². The van der Waals surface area contributed by atoms with Crippen LogP contribution in [0.1, 0.15) is 12.5 Å². The van der Waals surface area contributed by atoms with E-state index in [9.17, 15) is 9.90 Å². The molecule has 10 heteroatoms. The number of phenols is 1. The third-order valence-electron chi connectivity index (χ3n) is 3.63. The highest BCUT2D eigenvalue weighted by atomic mass is 32.2. The number of ether oxygens (including phenoxy) is 1. The Morgan fingerprint density at radius 2 is 2.19 bits per heavy atom. The van der Waals surface area contributed by atoms with Crippen molar-refractivity contribution in [2.75, 3.05) is 18.2 Å². The first-order chi connectivity index (χ1) is 13.0. The van der Waals surface area contributed by atoms with Gasteiger partial charge in [-0.05, 0) is 30.4 Å². The Morgan fingerprint density at radius 1 is 1.37 bits per heavy atom. The highest BCUT2D eigenvalue weighted by molar-refractivity contribution is 8.01. The molecular formula is C17H17N5O3S2. The molecule has 0 bridgehead atoms. The third kappa shape index (κ3) is 4.17. The van der Waals surface area contributed by atoms with Crippen LogP contribution in [0.25, 0.3) is 10.8 Å². The molecule has 27 heavy (non-hydrogen) atoms. The molecule has 2 N–H and O–H groups in total. The zero-order valence-corrected chi connectivity index (χ0v) is 16.5. The summed E-state index contributed by atoms with van der Waals surface area (Å²) >= 11 is 2.93. The Kier molecular flexibility index (Phi) is 5.87. The summed E-state index contributed by atoms with van der Waals surface area (Å²) in [6.45, 7) is 3.81. The molecule has 0 aliphatic rings. The van der Waals surface area contributed by atoms with Gasteiger partial charge < -0.3 is 9.84 Å². The van der Waals surface area contributed by atoms with Gasteiger partial charge in [0.05, 0.1) is 18.5 Å². The van der Waals surface area contributed by atoms with Gasteiger partial charge in [0.25, 0.3) is 5.13 Å². The minimum absolute atomic E-state index is 0.120. The predicted molar refractivity (Wildman–Crippen MR) is 107 cm³/mol. The Hall–Kier alpha value is -2.72. The third-order valence-corrected chi connectivity index (χ3v) is 5.45. The van der Waals surface area contributed by atoms with Crippen LogP contribution in [0.4, 0.5) is 21.3 Å². The zero-order valence-electron chi connectivity index (χ0n) is 14.9. The van der Waals surface area contributed by atoms with Crippen LogP contribution in [0.2, 0.25) is 0 Å². The summed E-state index contributed by atoms with van der Waals surface area (Å²) in [5, 5.41) is 31.1. The first-order valence-corrected chi connectivity index (χ1v) is 9.82. The van der Waals surface area contributed by atoms with Gasteiger partial charge >= 0.3 is 6.09 Å². The Morgan fingerprint density at radius 3 is 2.93 bits per heavy atom. The molecule has 0 atom stereocenters. The Bertz CT molecular complexity index is 1020. The number of anilines is 1. The molecular weight excluding hydrogens is 386 g/mol. The first kappa shape index (κ1) is 19.1. The van der Waals surface area contributed by atoms with Crippen LogP contribution in [0.5, 0.6) is 5.75 Å². The van der Waals surface area contributed by atoms with Gasteiger partial charge in [0.2, 0.25) is 0 Å². The number of hydrogen-bond acceptors (Lipinski definition) is 9. The molecule has 0 radical (unpaired) electrons. The molecule has 8 nitrogen and oxygen atoms in total. The molecule has 0 saturated carbocycles. The van der Waals surface area contributed by atoms with Gasteiger partial charge in [-0.15, -0.1) is 20.4 Å². The van der Waals surface area contributed by atoms with Gasteiger partial charge in [0, 0.05) is 10.8 Å². The van der Waals surface area contributed by atoms with Crippen molar-refractivity contribution in [2.24, 2.45) is 10.2 Å². The molecule has 0 spiro atoms. The van der Waals surface area contributed by atoms with E-state index in [0.29, 0.717) is 32.8 Å². The number of benzene rings is 2. The second-order valence-corrected chi connectivity index (χ2v) is 7.86. The van der Waals surface area contributed by atoms with Crippen molar-refractivity contribution in [2.45, 2.75) is 18.2 Å². The Balaban J connectivity index is 2.08. The van der Waals surface area contributed by atoms with E-state index in [4.69, 9.17) is 0 Å². The van der Waals surface area contributed by atoms with Gasteiger partial charge in [-0.3, -0.25) is 5.32 Å². The average Bonchev–Trinajstić information content (AvgIpc) is 3.11. The molecule has 1 amide bonds. The number of carbonyl (C=O) groups excluding carboxylic acids is 1. The number of azo groups is 1. The number of aromatic nitrogens is 2. The largest absolute Gasteiger partial charge is 0.507 e. The molecule has 0 unspecified atom stereocenters. The lowest BCUT2D eigenvalue weighted by atomic mass is 10.0. The van der Waals surface area contributed by atoms with Crippen molar-refractivity contribution in [3.63, 3.8) is 0 Å². The van der Waals surface area contributed by atoms with Gasteiger partial charge in [0.15, 0.2) is 4.34 Å². The summed E-state index contributed by atoms with van der Waals surface area (Å²) in [5.41, 5.74) is 1.60. The number of aryl methyl sites for hydroxylation is 1. The highest BCUT2D eigenvalue weighted by Crippen LogP contribution is 2.41. The van der Waals surface area contributed by atoms with Crippen LogP contribution in [0, 0.1) is 6.92 Å². The van der Waals surface area contributed by atoms with E-state index in [1.165, 1.54) is 18.4 Å². The van der Waals surface area contributed by atoms with Crippen LogP contribution in [0.15, 0.2) is 38.8 Å². The van der Waals surface area contributed by atoms with E-state index in [1.807, 2.05) is 6.92 Å². The first-order valence-electron chi connectivity index (χ1n) is 8.01. The topological polar surface area (TPSA) is 109 Å². The number of phenolic OH excluding ortho intramolecular Hbond substituents is 1. The van der Waals surface area contributed by atoms with E-state index >= 15 is 0 Å². The number of aromatic hydroxyl groups is 1. The fourth-order valence-corrected chi connectivity index (χ4v) is 4.01. The number of fused-ring (bicyclic) bond motifs is 1. The number of hydrogen-bond donors (Lipinski definition) is 2. The fraction of sp³-hybridized carbons (Fsp3) is 0.235. The number of nitrogens with zero attached hydrogens (tertiary/aromatic N) is 4. The van der Waals surface area contributed by atoms with E-state index in [1.54, 1.807) is 43.0 Å². The second-order valence-electron chi connectivity index (χ2n) is 5.39. The van der Waals surface area contributed by atoms with E-state index in [-0.39, 0.29) is 5.75 Å². The molecule has 0 aliphatic carbocycles. The fourth-order valence-electron chi connectivity index (χ4n) is 2.45. The predicted octanol–water partition coefficient (Wildman–Crippen LogP) is 5.41. The molecule has 1 aromatic heterocycles. The normalized spacial score (nSPS) is 11.2. The van der Waals surface area contributed by atoms with Crippen molar-refractivity contribution in [3.8, 4) is 5.75 Å². The number of methoxy groups -OCH3 is 1. The van der Waals surface area contributed by atoms with Crippen molar-refractivity contribution in [3.05, 3.63) is 29.8 Å². The maximum Gasteiger partial charge on any atom is 0.411 e. The van der Waals surface area contributed by atoms with Gasteiger partial charge in [-0.25, -0.2) is 4.79 Å². The summed E-state index contributed by atoms with van der Waals surface area (Å²) in [5.74, 6) is 1.02. The quantitative estimate of drug-likeness (QED) is 0.435. The van der Waals surface area contributed by atoms with E-state index in [0.717, 1.165) is 10.1 Å². The van der Waals surface area contributed by atoms with Crippen molar-refractivity contribution in [1.29, 1.82) is 0 Å². The van der Waals surface area contributed by atoms with Crippen LogP contribution < -0.4 is 5.32 Å². The lowest BCUT2D eigenvalue weighted by molar-refractivity contribution is 0.187. The summed E-state index contributed by atoms with van der Waals surface area (Å²) < 4.78 is 5.49. The van der Waals surface area contributed by atoms with Gasteiger partial charge in [-0.1, -0.05) is 42.2 Å². The van der Waals surface area contributed by atoms with Crippen molar-refractivity contribution < 1.29 is 14.6 Å². The summed E-state index contributed by atoms with van der Waals surface area (Å²) in [6.07, 6.45) is -0.615. The van der Waals surface area contributed by atoms with Gasteiger partial charge in [0.1, 0.15) is 5.75 Å². The van der Waals surface area contributed by atoms with E-state index in [2.05, 4.69) is 30.5 Å². The summed E-state index contributed by atoms with van der Waals surface area (Å²) in [7, 11) is 1.28. The number of thioether (sulfide) groups is 1. The van der Waals surface area contributed by atoms with Crippen LogP contribution >= 0.6 is 23.1 Å². The Labute approximate surface area is 163 Å². The number of carbonyl (C=O) groups is 1. The highest BCUT2D eigenvalue weighted by Gasteiger charge is 2.14. The maximum atomic E-state index is 11.7. The lowest BCUT2D eigenvalue weighted by Crippen LogP contribution is -2.11. The molecule has 0 saturated heterocycles.